The highest BCUT2D eigenvalue weighted by molar-refractivity contribution is 7.98. The number of ether oxygens (including phenoxy) is 1. The molecule has 2 heterocycles. The number of anilines is 2. The smallest absolute Gasteiger partial charge is 0.338 e. The van der Waals surface area contributed by atoms with Gasteiger partial charge in [-0.2, -0.15) is 15.0 Å². The molecule has 10 heteroatoms. The second kappa shape index (κ2) is 8.42. The van der Waals surface area contributed by atoms with Gasteiger partial charge in [-0.1, -0.05) is 11.8 Å². The Morgan fingerprint density at radius 2 is 2.00 bits per heavy atom. The lowest BCUT2D eigenvalue weighted by atomic mass is 10.2. The van der Waals surface area contributed by atoms with E-state index in [1.165, 1.54) is 11.8 Å². The van der Waals surface area contributed by atoms with Gasteiger partial charge >= 0.3 is 5.97 Å². The average Bonchev–Trinajstić information content (AvgIpc) is 3.02. The first-order valence-electron chi connectivity index (χ1n) is 8.90. The lowest BCUT2D eigenvalue weighted by molar-refractivity contribution is 0.0526. The number of carbonyl (C=O) groups is 1. The summed E-state index contributed by atoms with van der Waals surface area (Å²) in [5.74, 6) is 1.45. The highest BCUT2D eigenvalue weighted by atomic mass is 32.2. The Labute approximate surface area is 167 Å². The molecule has 0 aliphatic rings. The summed E-state index contributed by atoms with van der Waals surface area (Å²) < 4.78 is 7.16. The molecular formula is C18H23N7O2S. The fraction of sp³-hybridized carbons (Fsp3) is 0.389. The molecular weight excluding hydrogens is 378 g/mol. The van der Waals surface area contributed by atoms with Crippen molar-refractivity contribution in [2.45, 2.75) is 31.3 Å². The van der Waals surface area contributed by atoms with Gasteiger partial charge in [0.25, 0.3) is 0 Å². The molecule has 0 amide bonds. The number of aryl methyl sites for hydroxylation is 1. The second-order valence-corrected chi connectivity index (χ2v) is 7.10. The SMILES string of the molecule is CCOC(=O)c1ccc2c(c1)nc(SCc1nc(N)nc(N(C)C)n1)n2CC. The number of aromatic nitrogens is 5. The fourth-order valence-corrected chi connectivity index (χ4v) is 3.62. The van der Waals surface area contributed by atoms with E-state index >= 15 is 0 Å². The molecule has 3 rings (SSSR count). The highest BCUT2D eigenvalue weighted by Gasteiger charge is 2.15. The van der Waals surface area contributed by atoms with E-state index in [9.17, 15) is 4.79 Å². The Hall–Kier alpha value is -2.88. The topological polar surface area (TPSA) is 112 Å². The molecule has 0 aliphatic carbocycles. The quantitative estimate of drug-likeness (QED) is 0.471. The van der Waals surface area contributed by atoms with Gasteiger partial charge in [0.05, 0.1) is 29.0 Å². The minimum absolute atomic E-state index is 0.192. The maximum atomic E-state index is 12.0. The normalized spacial score (nSPS) is 11.0. The molecule has 1 aromatic carbocycles. The number of nitrogen functional groups attached to an aromatic ring is 1. The van der Waals surface area contributed by atoms with E-state index in [4.69, 9.17) is 10.5 Å². The van der Waals surface area contributed by atoms with Crippen LogP contribution >= 0.6 is 11.8 Å². The van der Waals surface area contributed by atoms with Crippen LogP contribution in [0.1, 0.15) is 30.0 Å². The summed E-state index contributed by atoms with van der Waals surface area (Å²) in [5, 5.41) is 0.823. The monoisotopic (exact) mass is 401 g/mol. The number of thioether (sulfide) groups is 1. The Bertz CT molecular complexity index is 1000. The van der Waals surface area contributed by atoms with Crippen LogP contribution in [0, 0.1) is 0 Å². The van der Waals surface area contributed by atoms with Crippen molar-refractivity contribution in [1.82, 2.24) is 24.5 Å². The van der Waals surface area contributed by atoms with Crippen LogP contribution in [0.25, 0.3) is 11.0 Å². The van der Waals surface area contributed by atoms with Gasteiger partial charge in [-0.25, -0.2) is 9.78 Å². The molecule has 0 bridgehead atoms. The van der Waals surface area contributed by atoms with E-state index in [1.54, 1.807) is 24.0 Å². The fourth-order valence-electron chi connectivity index (χ4n) is 2.68. The molecule has 0 radical (unpaired) electrons. The van der Waals surface area contributed by atoms with Crippen LogP contribution in [0.15, 0.2) is 23.4 Å². The third-order valence-electron chi connectivity index (χ3n) is 3.96. The first kappa shape index (κ1) is 19.9. The van der Waals surface area contributed by atoms with E-state index < -0.39 is 0 Å². The van der Waals surface area contributed by atoms with Gasteiger partial charge in [-0.15, -0.1) is 0 Å². The third kappa shape index (κ3) is 4.16. The van der Waals surface area contributed by atoms with E-state index in [1.807, 2.05) is 20.2 Å². The van der Waals surface area contributed by atoms with E-state index in [2.05, 4.69) is 31.4 Å². The number of nitrogens with two attached hydrogens (primary N) is 1. The molecule has 0 saturated carbocycles. The summed E-state index contributed by atoms with van der Waals surface area (Å²) in [4.78, 5) is 31.2. The van der Waals surface area contributed by atoms with Gasteiger partial charge in [-0.3, -0.25) is 0 Å². The number of imidazole rings is 1. The standard InChI is InChI=1S/C18H23N7O2S/c1-5-25-13-8-7-11(15(26)27-6-2)9-12(13)20-18(25)28-10-14-21-16(19)23-17(22-14)24(3)4/h7-9H,5-6,10H2,1-4H3,(H2,19,21,22,23). The number of hydrogen-bond donors (Lipinski definition) is 1. The Morgan fingerprint density at radius 3 is 2.68 bits per heavy atom. The van der Waals surface area contributed by atoms with Crippen LogP contribution in [0.5, 0.6) is 0 Å². The Balaban J connectivity index is 1.87. The van der Waals surface area contributed by atoms with Crippen molar-refractivity contribution in [1.29, 1.82) is 0 Å². The van der Waals surface area contributed by atoms with Gasteiger partial charge < -0.3 is 19.9 Å². The van der Waals surface area contributed by atoms with Crippen molar-refractivity contribution < 1.29 is 9.53 Å². The Morgan fingerprint density at radius 1 is 1.21 bits per heavy atom. The summed E-state index contributed by atoms with van der Waals surface area (Å²) in [6, 6.07) is 5.42. The second-order valence-electron chi connectivity index (χ2n) is 6.16. The lowest BCUT2D eigenvalue weighted by Gasteiger charge is -2.11. The van der Waals surface area contributed by atoms with E-state index in [0.29, 0.717) is 29.7 Å². The van der Waals surface area contributed by atoms with Gasteiger partial charge in [0.2, 0.25) is 11.9 Å². The third-order valence-corrected chi connectivity index (χ3v) is 4.93. The average molecular weight is 401 g/mol. The van der Waals surface area contributed by atoms with Crippen LogP contribution in [0.3, 0.4) is 0 Å². The molecule has 0 aliphatic heterocycles. The first-order valence-corrected chi connectivity index (χ1v) is 9.89. The minimum atomic E-state index is -0.346. The highest BCUT2D eigenvalue weighted by Crippen LogP contribution is 2.27. The minimum Gasteiger partial charge on any atom is -0.462 e. The number of rotatable bonds is 7. The van der Waals surface area contributed by atoms with Crippen LogP contribution in [0.4, 0.5) is 11.9 Å². The number of hydrogen-bond acceptors (Lipinski definition) is 9. The van der Waals surface area contributed by atoms with Gasteiger partial charge in [0.1, 0.15) is 5.82 Å². The van der Waals surface area contributed by atoms with Crippen molar-refractivity contribution in [2.75, 3.05) is 31.3 Å². The molecule has 0 spiro atoms. The molecule has 9 nitrogen and oxygen atoms in total. The summed E-state index contributed by atoms with van der Waals surface area (Å²) in [5.41, 5.74) is 7.99. The number of esters is 1. The zero-order chi connectivity index (χ0) is 20.3. The van der Waals surface area contributed by atoms with Crippen molar-refractivity contribution in [3.8, 4) is 0 Å². The van der Waals surface area contributed by atoms with Crippen molar-refractivity contribution in [3.63, 3.8) is 0 Å². The molecule has 3 aromatic rings. The predicted molar refractivity (Wildman–Crippen MR) is 109 cm³/mol. The molecule has 0 fully saturated rings. The van der Waals surface area contributed by atoms with Gasteiger partial charge in [0, 0.05) is 20.6 Å². The number of nitrogens with zero attached hydrogens (tertiary/aromatic N) is 6. The number of benzene rings is 1. The largest absolute Gasteiger partial charge is 0.462 e. The zero-order valence-electron chi connectivity index (χ0n) is 16.3. The van der Waals surface area contributed by atoms with Crippen LogP contribution in [0.2, 0.25) is 0 Å². The van der Waals surface area contributed by atoms with Crippen LogP contribution < -0.4 is 10.6 Å². The van der Waals surface area contributed by atoms with Gasteiger partial charge in [0.15, 0.2) is 5.16 Å². The summed E-state index contributed by atoms with van der Waals surface area (Å²) in [6.07, 6.45) is 0. The molecule has 2 N–H and O–H groups in total. The van der Waals surface area contributed by atoms with Crippen molar-refractivity contribution in [3.05, 3.63) is 29.6 Å². The summed E-state index contributed by atoms with van der Waals surface area (Å²) in [6.45, 7) is 4.92. The van der Waals surface area contributed by atoms with E-state index in [-0.39, 0.29) is 11.9 Å². The van der Waals surface area contributed by atoms with Crippen LogP contribution in [-0.2, 0) is 17.0 Å². The van der Waals surface area contributed by atoms with Crippen LogP contribution in [-0.4, -0.2) is 51.2 Å². The molecule has 0 unspecified atom stereocenters. The molecule has 0 atom stereocenters. The molecule has 28 heavy (non-hydrogen) atoms. The maximum absolute atomic E-state index is 12.0. The molecule has 148 valence electrons. The van der Waals surface area contributed by atoms with Crippen molar-refractivity contribution in [2.24, 2.45) is 0 Å². The maximum Gasteiger partial charge on any atom is 0.338 e. The zero-order valence-corrected chi connectivity index (χ0v) is 17.2. The van der Waals surface area contributed by atoms with Crippen molar-refractivity contribution >= 4 is 40.7 Å². The summed E-state index contributed by atoms with van der Waals surface area (Å²) in [7, 11) is 3.70. The Kier molecular flexibility index (Phi) is 5.98. The molecule has 0 saturated heterocycles. The summed E-state index contributed by atoms with van der Waals surface area (Å²) >= 11 is 1.51. The number of carbonyl (C=O) groups excluding carboxylic acids is 1. The first-order chi connectivity index (χ1) is 13.4. The number of fused-ring (bicyclic) bond motifs is 1. The van der Waals surface area contributed by atoms with Gasteiger partial charge in [-0.05, 0) is 32.0 Å². The van der Waals surface area contributed by atoms with E-state index in [0.717, 1.165) is 22.7 Å². The lowest BCUT2D eigenvalue weighted by Crippen LogP contribution is -2.16. The predicted octanol–water partition coefficient (Wildman–Crippen LogP) is 2.36. The molecule has 2 aromatic heterocycles.